The zero-order valence-electron chi connectivity index (χ0n) is 12.8. The molecule has 0 atom stereocenters. The molecule has 0 unspecified atom stereocenters. The summed E-state index contributed by atoms with van der Waals surface area (Å²) in [6.07, 6.45) is 1.69. The summed E-state index contributed by atoms with van der Waals surface area (Å²) >= 11 is 6.06. The van der Waals surface area contributed by atoms with Crippen LogP contribution in [0.1, 0.15) is 23.2 Å². The van der Waals surface area contributed by atoms with Gasteiger partial charge >= 0.3 is 5.97 Å². The van der Waals surface area contributed by atoms with Crippen molar-refractivity contribution in [2.45, 2.75) is 17.7 Å². The quantitative estimate of drug-likeness (QED) is 0.615. The highest BCUT2D eigenvalue weighted by Gasteiger charge is 2.28. The topological polar surface area (TPSA) is 63.7 Å². The molecule has 0 aliphatic carbocycles. The molecule has 0 spiro atoms. The van der Waals surface area contributed by atoms with Crippen molar-refractivity contribution in [2.75, 3.05) is 13.1 Å². The second-order valence-electron chi connectivity index (χ2n) is 5.46. The predicted octanol–water partition coefficient (Wildman–Crippen LogP) is 3.34. The number of ether oxygens (including phenoxy) is 1. The Kier molecular flexibility index (Phi) is 4.89. The van der Waals surface area contributed by atoms with Gasteiger partial charge in [0, 0.05) is 13.1 Å². The summed E-state index contributed by atoms with van der Waals surface area (Å²) in [7, 11) is -3.62. The molecule has 1 aliphatic rings. The second-order valence-corrected chi connectivity index (χ2v) is 7.80. The van der Waals surface area contributed by atoms with Crippen LogP contribution < -0.4 is 4.74 Å². The summed E-state index contributed by atoms with van der Waals surface area (Å²) in [5.41, 5.74) is 0.0285. The lowest BCUT2D eigenvalue weighted by Gasteiger charge is -2.16. The molecule has 1 saturated heterocycles. The van der Waals surface area contributed by atoms with Crippen molar-refractivity contribution in [3.05, 3.63) is 59.1 Å². The third-order valence-electron chi connectivity index (χ3n) is 3.81. The molecule has 0 amide bonds. The van der Waals surface area contributed by atoms with Crippen LogP contribution in [0.5, 0.6) is 5.75 Å². The largest absolute Gasteiger partial charge is 0.423 e. The first-order chi connectivity index (χ1) is 11.5. The molecule has 0 saturated carbocycles. The lowest BCUT2D eigenvalue weighted by molar-refractivity contribution is 0.0734. The summed E-state index contributed by atoms with van der Waals surface area (Å²) in [6, 6.07) is 12.6. The molecule has 5 nitrogen and oxygen atoms in total. The van der Waals surface area contributed by atoms with Gasteiger partial charge in [-0.25, -0.2) is 13.2 Å². The first-order valence-corrected chi connectivity index (χ1v) is 9.37. The van der Waals surface area contributed by atoms with E-state index >= 15 is 0 Å². The summed E-state index contributed by atoms with van der Waals surface area (Å²) in [4.78, 5) is 12.4. The molecule has 0 bridgehead atoms. The molecule has 0 N–H and O–H groups in total. The van der Waals surface area contributed by atoms with Crippen LogP contribution in [0.15, 0.2) is 53.4 Å². The van der Waals surface area contributed by atoms with E-state index in [0.29, 0.717) is 18.8 Å². The van der Waals surface area contributed by atoms with Gasteiger partial charge in [0.25, 0.3) is 0 Å². The van der Waals surface area contributed by atoms with E-state index in [4.69, 9.17) is 16.3 Å². The minimum atomic E-state index is -3.62. The van der Waals surface area contributed by atoms with Gasteiger partial charge in [-0.15, -0.1) is 0 Å². The van der Waals surface area contributed by atoms with E-state index in [-0.39, 0.29) is 15.5 Å². The number of carbonyl (C=O) groups excluding carboxylic acids is 1. The van der Waals surface area contributed by atoms with E-state index < -0.39 is 16.0 Å². The smallest absolute Gasteiger partial charge is 0.345 e. The molecule has 7 heteroatoms. The second kappa shape index (κ2) is 6.93. The molecule has 1 fully saturated rings. The molecule has 24 heavy (non-hydrogen) atoms. The Morgan fingerprint density at radius 1 is 1.04 bits per heavy atom. The number of hydrogen-bond donors (Lipinski definition) is 0. The molecule has 2 aromatic rings. The molecule has 1 aliphatic heterocycles. The number of esters is 1. The van der Waals surface area contributed by atoms with E-state index in [1.165, 1.54) is 22.5 Å². The maximum absolute atomic E-state index is 12.6. The Morgan fingerprint density at radius 3 is 2.38 bits per heavy atom. The van der Waals surface area contributed by atoms with Crippen molar-refractivity contribution in [1.82, 2.24) is 4.31 Å². The van der Waals surface area contributed by atoms with Crippen molar-refractivity contribution in [3.63, 3.8) is 0 Å². The number of benzene rings is 2. The molecular formula is C17H16ClNO4S. The fraction of sp³-hybridized carbons (Fsp3) is 0.235. The van der Waals surface area contributed by atoms with E-state index in [9.17, 15) is 13.2 Å². The van der Waals surface area contributed by atoms with Crippen LogP contribution in [-0.2, 0) is 10.0 Å². The van der Waals surface area contributed by atoms with E-state index in [1.54, 1.807) is 30.3 Å². The lowest BCUT2D eigenvalue weighted by atomic mass is 10.2. The standard InChI is InChI=1S/C17H16ClNO4S/c18-16-9-8-14(24(21,22)19-10-4-5-11-19)12-15(16)17(20)23-13-6-2-1-3-7-13/h1-3,6-9,12H,4-5,10-11H2. The highest BCUT2D eigenvalue weighted by atomic mass is 35.5. The number of nitrogens with zero attached hydrogens (tertiary/aromatic N) is 1. The highest BCUT2D eigenvalue weighted by molar-refractivity contribution is 7.89. The van der Waals surface area contributed by atoms with Crippen LogP contribution in [0.3, 0.4) is 0 Å². The van der Waals surface area contributed by atoms with Gasteiger partial charge in [-0.1, -0.05) is 29.8 Å². The Bertz CT molecular complexity index is 846. The lowest BCUT2D eigenvalue weighted by Crippen LogP contribution is -2.28. The monoisotopic (exact) mass is 365 g/mol. The Morgan fingerprint density at radius 2 is 1.71 bits per heavy atom. The molecular weight excluding hydrogens is 350 g/mol. The predicted molar refractivity (Wildman–Crippen MR) is 90.8 cm³/mol. The summed E-state index contributed by atoms with van der Waals surface area (Å²) < 4.78 is 31.9. The third-order valence-corrected chi connectivity index (χ3v) is 6.04. The van der Waals surface area contributed by atoms with Crippen LogP contribution in [0, 0.1) is 0 Å². The van der Waals surface area contributed by atoms with Crippen molar-refractivity contribution in [1.29, 1.82) is 0 Å². The van der Waals surface area contributed by atoms with Gasteiger partial charge in [-0.2, -0.15) is 4.31 Å². The van der Waals surface area contributed by atoms with Crippen molar-refractivity contribution >= 4 is 27.6 Å². The van der Waals surface area contributed by atoms with Crippen molar-refractivity contribution < 1.29 is 17.9 Å². The van der Waals surface area contributed by atoms with Gasteiger partial charge in [0.05, 0.1) is 15.5 Å². The van der Waals surface area contributed by atoms with Gasteiger partial charge < -0.3 is 4.74 Å². The summed E-state index contributed by atoms with van der Waals surface area (Å²) in [5, 5.41) is 0.149. The number of para-hydroxylation sites is 1. The molecule has 2 aromatic carbocycles. The minimum absolute atomic E-state index is 0.0285. The van der Waals surface area contributed by atoms with Gasteiger partial charge in [-0.05, 0) is 43.2 Å². The summed E-state index contributed by atoms with van der Waals surface area (Å²) in [5.74, 6) is -0.323. The molecule has 0 radical (unpaired) electrons. The SMILES string of the molecule is O=C(Oc1ccccc1)c1cc(S(=O)(=O)N2CCCC2)ccc1Cl. The Balaban J connectivity index is 1.90. The Hall–Kier alpha value is -1.89. The highest BCUT2D eigenvalue weighted by Crippen LogP contribution is 2.26. The summed E-state index contributed by atoms with van der Waals surface area (Å²) in [6.45, 7) is 0.990. The van der Waals surface area contributed by atoms with Crippen molar-refractivity contribution in [2.24, 2.45) is 0 Å². The first-order valence-electron chi connectivity index (χ1n) is 7.55. The fourth-order valence-electron chi connectivity index (χ4n) is 2.55. The van der Waals surface area contributed by atoms with Gasteiger partial charge in [0.2, 0.25) is 10.0 Å². The molecule has 1 heterocycles. The van der Waals surface area contributed by atoms with Gasteiger partial charge in [0.1, 0.15) is 5.75 Å². The van der Waals surface area contributed by atoms with Crippen molar-refractivity contribution in [3.8, 4) is 5.75 Å². The number of sulfonamides is 1. The Labute approximate surface area is 145 Å². The average Bonchev–Trinajstić information content (AvgIpc) is 3.11. The normalized spacial score (nSPS) is 15.4. The number of halogens is 1. The fourth-order valence-corrected chi connectivity index (χ4v) is 4.29. The molecule has 0 aromatic heterocycles. The zero-order chi connectivity index (χ0) is 17.2. The van der Waals surface area contributed by atoms with Crippen LogP contribution in [0.2, 0.25) is 5.02 Å². The third kappa shape index (κ3) is 3.45. The molecule has 126 valence electrons. The van der Waals surface area contributed by atoms with Crippen LogP contribution >= 0.6 is 11.6 Å². The van der Waals surface area contributed by atoms with E-state index in [1.807, 2.05) is 0 Å². The van der Waals surface area contributed by atoms with Crippen LogP contribution in [0.25, 0.3) is 0 Å². The number of carbonyl (C=O) groups is 1. The zero-order valence-corrected chi connectivity index (χ0v) is 14.4. The van der Waals surface area contributed by atoms with Crippen LogP contribution in [0.4, 0.5) is 0 Å². The number of hydrogen-bond acceptors (Lipinski definition) is 4. The number of rotatable bonds is 4. The van der Waals surface area contributed by atoms with Gasteiger partial charge in [0.15, 0.2) is 0 Å². The first kappa shape index (κ1) is 17.0. The average molecular weight is 366 g/mol. The van der Waals surface area contributed by atoms with E-state index in [0.717, 1.165) is 12.8 Å². The molecule has 3 rings (SSSR count). The van der Waals surface area contributed by atoms with E-state index in [2.05, 4.69) is 0 Å². The van der Waals surface area contributed by atoms with Crippen LogP contribution in [-0.4, -0.2) is 31.8 Å². The maximum atomic E-state index is 12.6. The minimum Gasteiger partial charge on any atom is -0.423 e. The van der Waals surface area contributed by atoms with Gasteiger partial charge in [-0.3, -0.25) is 0 Å². The maximum Gasteiger partial charge on any atom is 0.345 e.